The molecule has 0 aromatic carbocycles. The van der Waals surface area contributed by atoms with E-state index in [1.54, 1.807) is 0 Å². The zero-order valence-electron chi connectivity index (χ0n) is 15.7. The van der Waals surface area contributed by atoms with Gasteiger partial charge < -0.3 is 69.6 Å². The van der Waals surface area contributed by atoms with E-state index >= 15 is 0 Å². The molecule has 0 saturated carbocycles. The van der Waals surface area contributed by atoms with Crippen LogP contribution in [0.15, 0.2) is 0 Å². The Hall–Kier alpha value is -0.560. The van der Waals surface area contributed by atoms with Crippen molar-refractivity contribution in [3.8, 4) is 0 Å². The number of hydrogen-bond donors (Lipinski definition) is 9. The molecule has 3 heterocycles. The summed E-state index contributed by atoms with van der Waals surface area (Å²) in [5, 5.41) is 88.0. The number of ether oxygens (including phenoxy) is 5. The molecule has 3 saturated heterocycles. The minimum Gasteiger partial charge on any atom is -0.388 e. The summed E-state index contributed by atoms with van der Waals surface area (Å²) in [4.78, 5) is 0. The molecule has 3 aliphatic rings. The van der Waals surface area contributed by atoms with Crippen LogP contribution in [0.3, 0.4) is 0 Å². The molecule has 176 valence electrons. The predicted octanol–water partition coefficient (Wildman–Crippen LogP) is -6.29. The average Bonchev–Trinajstić information content (AvgIpc) is 2.72. The van der Waals surface area contributed by atoms with Crippen molar-refractivity contribution in [1.29, 1.82) is 0 Å². The maximum absolute atomic E-state index is 10.3. The molecule has 3 fully saturated rings. The molecule has 0 amide bonds. The van der Waals surface area contributed by atoms with Crippen LogP contribution in [-0.4, -0.2) is 146 Å². The molecule has 30 heavy (non-hydrogen) atoms. The van der Waals surface area contributed by atoms with Gasteiger partial charge in [-0.25, -0.2) is 0 Å². The van der Waals surface area contributed by atoms with E-state index in [9.17, 15) is 46.0 Å². The lowest BCUT2D eigenvalue weighted by Crippen LogP contribution is -2.61. The first-order chi connectivity index (χ1) is 14.1. The molecule has 13 atom stereocenters. The first-order valence-electron chi connectivity index (χ1n) is 9.40. The predicted molar refractivity (Wildman–Crippen MR) is 89.2 cm³/mol. The Kier molecular flexibility index (Phi) is 7.97. The molecule has 0 aliphatic carbocycles. The smallest absolute Gasteiger partial charge is 0.186 e. The summed E-state index contributed by atoms with van der Waals surface area (Å²) in [7, 11) is 0. The molecule has 3 rings (SSSR count). The fraction of sp³-hybridized carbons (Fsp3) is 1.00. The quantitative estimate of drug-likeness (QED) is 0.192. The fourth-order valence-corrected chi connectivity index (χ4v) is 3.36. The average molecular weight is 444 g/mol. The summed E-state index contributed by atoms with van der Waals surface area (Å²) < 4.78 is 25.9. The van der Waals surface area contributed by atoms with Gasteiger partial charge in [0.15, 0.2) is 18.9 Å². The van der Waals surface area contributed by atoms with Crippen molar-refractivity contribution in [3.63, 3.8) is 0 Å². The molecular weight excluding hydrogens is 416 g/mol. The van der Waals surface area contributed by atoms with Crippen molar-refractivity contribution in [2.45, 2.75) is 79.9 Å². The van der Waals surface area contributed by atoms with Gasteiger partial charge in [0, 0.05) is 0 Å². The lowest BCUT2D eigenvalue weighted by Gasteiger charge is -2.42. The summed E-state index contributed by atoms with van der Waals surface area (Å²) in [5.41, 5.74) is 0. The monoisotopic (exact) mass is 444 g/mol. The normalized spacial score (nSPS) is 52.9. The van der Waals surface area contributed by atoms with Gasteiger partial charge in [0.1, 0.15) is 61.0 Å². The van der Waals surface area contributed by atoms with Gasteiger partial charge in [0.25, 0.3) is 0 Å². The Labute approximate surface area is 170 Å². The highest BCUT2D eigenvalue weighted by molar-refractivity contribution is 4.90. The Morgan fingerprint density at radius 1 is 0.633 bits per heavy atom. The van der Waals surface area contributed by atoms with E-state index in [1.807, 2.05) is 0 Å². The van der Waals surface area contributed by atoms with Crippen molar-refractivity contribution in [1.82, 2.24) is 0 Å². The Bertz CT molecular complexity index is 552. The van der Waals surface area contributed by atoms with Gasteiger partial charge in [-0.3, -0.25) is 0 Å². The standard InChI is InChI=1S/C16H28O14/c17-4-1-26-16(12(23)7(4)18)30-6-3-28-15(13(24)9(6)20)27-2-5-8(19)10(21)11(22)14(25)29-5/h4-25H,1-3H2. The van der Waals surface area contributed by atoms with E-state index in [0.717, 1.165) is 0 Å². The van der Waals surface area contributed by atoms with Crippen LogP contribution in [0.5, 0.6) is 0 Å². The van der Waals surface area contributed by atoms with E-state index in [2.05, 4.69) is 0 Å². The SMILES string of the molecule is OC1COC(OC2COC(OCC3OC(O)C(O)C(O)C3O)C(O)C2O)C(O)C1O. The molecule has 0 aromatic rings. The Morgan fingerprint density at radius 2 is 1.27 bits per heavy atom. The third kappa shape index (κ3) is 4.92. The van der Waals surface area contributed by atoms with Crippen LogP contribution >= 0.6 is 0 Å². The second kappa shape index (κ2) is 9.93. The minimum atomic E-state index is -1.76. The Morgan fingerprint density at radius 3 is 1.97 bits per heavy atom. The number of aliphatic hydroxyl groups excluding tert-OH is 9. The number of hydrogen-bond acceptors (Lipinski definition) is 14. The van der Waals surface area contributed by atoms with E-state index < -0.39 is 86.5 Å². The van der Waals surface area contributed by atoms with E-state index in [0.29, 0.717) is 0 Å². The molecule has 3 aliphatic heterocycles. The molecular formula is C16H28O14. The molecule has 0 spiro atoms. The van der Waals surface area contributed by atoms with Gasteiger partial charge in [-0.15, -0.1) is 0 Å². The number of aliphatic hydroxyl groups is 9. The van der Waals surface area contributed by atoms with Crippen molar-refractivity contribution in [3.05, 3.63) is 0 Å². The van der Waals surface area contributed by atoms with Crippen molar-refractivity contribution < 1.29 is 69.6 Å². The van der Waals surface area contributed by atoms with Gasteiger partial charge in [0.2, 0.25) is 0 Å². The van der Waals surface area contributed by atoms with Gasteiger partial charge >= 0.3 is 0 Å². The summed E-state index contributed by atoms with van der Waals surface area (Å²) in [6.45, 7) is -1.08. The highest BCUT2D eigenvalue weighted by Crippen LogP contribution is 2.25. The largest absolute Gasteiger partial charge is 0.388 e. The van der Waals surface area contributed by atoms with Gasteiger partial charge in [-0.05, 0) is 0 Å². The first-order valence-corrected chi connectivity index (χ1v) is 9.40. The molecule has 9 N–H and O–H groups in total. The van der Waals surface area contributed by atoms with Crippen molar-refractivity contribution in [2.75, 3.05) is 19.8 Å². The molecule has 14 heteroatoms. The van der Waals surface area contributed by atoms with Crippen LogP contribution in [0.2, 0.25) is 0 Å². The van der Waals surface area contributed by atoms with Crippen molar-refractivity contribution in [2.24, 2.45) is 0 Å². The molecule has 13 unspecified atom stereocenters. The second-order valence-corrected chi connectivity index (χ2v) is 7.48. The lowest BCUT2D eigenvalue weighted by atomic mass is 9.99. The topological polar surface area (TPSA) is 228 Å². The second-order valence-electron chi connectivity index (χ2n) is 7.48. The Balaban J connectivity index is 1.50. The first kappa shape index (κ1) is 24.1. The summed E-state index contributed by atoms with van der Waals surface area (Å²) in [6, 6.07) is 0. The highest BCUT2D eigenvalue weighted by atomic mass is 16.7. The highest BCUT2D eigenvalue weighted by Gasteiger charge is 2.47. The van der Waals surface area contributed by atoms with Crippen molar-refractivity contribution >= 4 is 0 Å². The van der Waals surface area contributed by atoms with E-state index in [4.69, 9.17) is 23.7 Å². The third-order valence-electron chi connectivity index (χ3n) is 5.31. The zero-order chi connectivity index (χ0) is 22.2. The summed E-state index contributed by atoms with van der Waals surface area (Å²) in [5.74, 6) is 0. The maximum Gasteiger partial charge on any atom is 0.186 e. The fourth-order valence-electron chi connectivity index (χ4n) is 3.36. The van der Waals surface area contributed by atoms with Gasteiger partial charge in [0.05, 0.1) is 19.8 Å². The van der Waals surface area contributed by atoms with Crippen LogP contribution in [0, 0.1) is 0 Å². The van der Waals surface area contributed by atoms with Crippen LogP contribution in [0.1, 0.15) is 0 Å². The van der Waals surface area contributed by atoms with E-state index in [-0.39, 0.29) is 13.2 Å². The van der Waals surface area contributed by atoms with Gasteiger partial charge in [-0.2, -0.15) is 0 Å². The zero-order valence-corrected chi connectivity index (χ0v) is 15.7. The van der Waals surface area contributed by atoms with E-state index in [1.165, 1.54) is 0 Å². The van der Waals surface area contributed by atoms with Crippen LogP contribution < -0.4 is 0 Å². The lowest BCUT2D eigenvalue weighted by molar-refractivity contribution is -0.337. The molecule has 14 nitrogen and oxygen atoms in total. The van der Waals surface area contributed by atoms with Crippen LogP contribution in [0.4, 0.5) is 0 Å². The maximum atomic E-state index is 10.3. The molecule has 0 aromatic heterocycles. The molecule has 0 radical (unpaired) electrons. The van der Waals surface area contributed by atoms with Gasteiger partial charge in [-0.1, -0.05) is 0 Å². The summed E-state index contributed by atoms with van der Waals surface area (Å²) in [6.07, 6.45) is -19.5. The van der Waals surface area contributed by atoms with Crippen LogP contribution in [-0.2, 0) is 23.7 Å². The summed E-state index contributed by atoms with van der Waals surface area (Å²) >= 11 is 0. The molecule has 0 bridgehead atoms. The minimum absolute atomic E-state index is 0.309. The van der Waals surface area contributed by atoms with Crippen LogP contribution in [0.25, 0.3) is 0 Å². The number of rotatable bonds is 5. The third-order valence-corrected chi connectivity index (χ3v) is 5.31.